The molecule has 92 valence electrons. The molecule has 5 nitrogen and oxygen atoms in total. The molecule has 2 atom stereocenters. The van der Waals surface area contributed by atoms with E-state index in [0.717, 1.165) is 19.6 Å². The van der Waals surface area contributed by atoms with Crippen molar-refractivity contribution in [2.24, 2.45) is 13.0 Å². The normalized spacial score (nSPS) is 28.2. The second-order valence-corrected chi connectivity index (χ2v) is 5.05. The lowest BCUT2D eigenvalue weighted by molar-refractivity contribution is 0.0779. The fourth-order valence-electron chi connectivity index (χ4n) is 2.90. The minimum Gasteiger partial charge on any atom is -0.335 e. The minimum absolute atomic E-state index is 0.0711. The van der Waals surface area contributed by atoms with Crippen molar-refractivity contribution in [2.45, 2.75) is 18.9 Å². The van der Waals surface area contributed by atoms with Crippen molar-refractivity contribution in [1.29, 1.82) is 0 Å². The van der Waals surface area contributed by atoms with Crippen LogP contribution < -0.4 is 5.32 Å². The number of carbonyl (C=O) groups excluding carboxylic acids is 1. The van der Waals surface area contributed by atoms with Gasteiger partial charge in [0.2, 0.25) is 0 Å². The third kappa shape index (κ3) is 1.95. The molecule has 0 saturated carbocycles. The van der Waals surface area contributed by atoms with Crippen molar-refractivity contribution in [2.75, 3.05) is 19.6 Å². The van der Waals surface area contributed by atoms with E-state index in [2.05, 4.69) is 10.4 Å². The van der Waals surface area contributed by atoms with Crippen LogP contribution in [0.15, 0.2) is 12.3 Å². The Balaban J connectivity index is 1.71. The number of likely N-dealkylation sites (tertiary alicyclic amines) is 1. The Morgan fingerprint density at radius 3 is 3.12 bits per heavy atom. The maximum atomic E-state index is 12.2. The molecule has 0 spiro atoms. The van der Waals surface area contributed by atoms with Crippen LogP contribution in [-0.2, 0) is 7.05 Å². The van der Waals surface area contributed by atoms with E-state index in [9.17, 15) is 4.79 Å². The molecule has 1 aromatic heterocycles. The van der Waals surface area contributed by atoms with Crippen molar-refractivity contribution in [1.82, 2.24) is 20.0 Å². The molecule has 0 aromatic carbocycles. The number of amides is 1. The highest BCUT2D eigenvalue weighted by Crippen LogP contribution is 2.25. The first kappa shape index (κ1) is 10.8. The second-order valence-electron chi connectivity index (χ2n) is 5.05. The molecule has 2 saturated heterocycles. The predicted octanol–water partition coefficient (Wildman–Crippen LogP) is 0.244. The number of hydrogen-bond acceptors (Lipinski definition) is 3. The molecule has 0 aliphatic carbocycles. The lowest BCUT2D eigenvalue weighted by atomic mass is 9.94. The minimum atomic E-state index is 0.0711. The van der Waals surface area contributed by atoms with Gasteiger partial charge in [-0.05, 0) is 31.4 Å². The van der Waals surface area contributed by atoms with Crippen LogP contribution in [0.1, 0.15) is 23.3 Å². The first-order valence-electron chi connectivity index (χ1n) is 6.26. The van der Waals surface area contributed by atoms with Crippen LogP contribution in [0.25, 0.3) is 0 Å². The van der Waals surface area contributed by atoms with Gasteiger partial charge in [0.1, 0.15) is 5.69 Å². The number of rotatable bonds is 1. The van der Waals surface area contributed by atoms with Crippen LogP contribution in [0.3, 0.4) is 0 Å². The second kappa shape index (κ2) is 4.14. The molecule has 0 radical (unpaired) electrons. The largest absolute Gasteiger partial charge is 0.335 e. The van der Waals surface area contributed by atoms with Crippen LogP contribution in [-0.4, -0.2) is 46.3 Å². The summed E-state index contributed by atoms with van der Waals surface area (Å²) in [7, 11) is 1.84. The number of aryl methyl sites for hydroxylation is 1. The molecule has 5 heteroatoms. The first-order valence-corrected chi connectivity index (χ1v) is 6.26. The zero-order valence-electron chi connectivity index (χ0n) is 10.1. The van der Waals surface area contributed by atoms with Gasteiger partial charge < -0.3 is 10.2 Å². The van der Waals surface area contributed by atoms with Gasteiger partial charge in [0.05, 0.1) is 0 Å². The summed E-state index contributed by atoms with van der Waals surface area (Å²) in [5, 5.41) is 7.68. The van der Waals surface area contributed by atoms with E-state index in [1.807, 2.05) is 18.1 Å². The van der Waals surface area contributed by atoms with Crippen LogP contribution >= 0.6 is 0 Å². The Labute approximate surface area is 101 Å². The molecule has 1 N–H and O–H groups in total. The summed E-state index contributed by atoms with van der Waals surface area (Å²) in [5.41, 5.74) is 0.561. The van der Waals surface area contributed by atoms with Gasteiger partial charge in [-0.2, -0.15) is 5.10 Å². The highest BCUT2D eigenvalue weighted by atomic mass is 16.2. The molecular formula is C12H18N4O. The number of hydrogen-bond donors (Lipinski definition) is 1. The van der Waals surface area contributed by atoms with Crippen LogP contribution in [0.5, 0.6) is 0 Å². The standard InChI is InChI=1S/C12H18N4O/c1-15-6-4-10(14-15)12(17)16-7-9-3-2-5-13-11(9)8-16/h4,6,9,11,13H,2-3,5,7-8H2,1H3. The molecule has 0 bridgehead atoms. The Morgan fingerprint density at radius 1 is 1.53 bits per heavy atom. The summed E-state index contributed by atoms with van der Waals surface area (Å²) in [6.07, 6.45) is 4.28. The smallest absolute Gasteiger partial charge is 0.274 e. The lowest BCUT2D eigenvalue weighted by Gasteiger charge is -2.24. The molecule has 2 aliphatic rings. The zero-order chi connectivity index (χ0) is 11.8. The Hall–Kier alpha value is -1.36. The summed E-state index contributed by atoms with van der Waals surface area (Å²) in [6, 6.07) is 2.29. The van der Waals surface area contributed by atoms with Crippen LogP contribution in [0, 0.1) is 5.92 Å². The molecular weight excluding hydrogens is 216 g/mol. The molecule has 3 rings (SSSR count). The molecule has 17 heavy (non-hydrogen) atoms. The predicted molar refractivity (Wildman–Crippen MR) is 63.6 cm³/mol. The quantitative estimate of drug-likeness (QED) is 0.757. The van der Waals surface area contributed by atoms with Crippen molar-refractivity contribution in [3.05, 3.63) is 18.0 Å². The lowest BCUT2D eigenvalue weighted by Crippen LogP contribution is -2.41. The summed E-state index contributed by atoms with van der Waals surface area (Å²) in [5.74, 6) is 0.707. The Kier molecular flexibility index (Phi) is 2.63. The van der Waals surface area contributed by atoms with E-state index in [4.69, 9.17) is 0 Å². The van der Waals surface area contributed by atoms with Gasteiger partial charge in [-0.3, -0.25) is 9.48 Å². The topological polar surface area (TPSA) is 50.2 Å². The van der Waals surface area contributed by atoms with Gasteiger partial charge in [0.15, 0.2) is 0 Å². The van der Waals surface area contributed by atoms with Gasteiger partial charge in [0.25, 0.3) is 5.91 Å². The van der Waals surface area contributed by atoms with Gasteiger partial charge in [-0.15, -0.1) is 0 Å². The molecule has 2 fully saturated rings. The Morgan fingerprint density at radius 2 is 2.41 bits per heavy atom. The number of piperidine rings is 1. The third-order valence-corrected chi connectivity index (χ3v) is 3.82. The van der Waals surface area contributed by atoms with Gasteiger partial charge >= 0.3 is 0 Å². The maximum absolute atomic E-state index is 12.2. The average molecular weight is 234 g/mol. The van der Waals surface area contributed by atoms with Crippen molar-refractivity contribution in [3.8, 4) is 0 Å². The fraction of sp³-hybridized carbons (Fsp3) is 0.667. The fourth-order valence-corrected chi connectivity index (χ4v) is 2.90. The van der Waals surface area contributed by atoms with E-state index in [1.54, 1.807) is 10.7 Å². The summed E-state index contributed by atoms with van der Waals surface area (Å²) in [4.78, 5) is 14.2. The van der Waals surface area contributed by atoms with Crippen LogP contribution in [0.4, 0.5) is 0 Å². The van der Waals surface area contributed by atoms with Gasteiger partial charge in [-0.25, -0.2) is 0 Å². The third-order valence-electron chi connectivity index (χ3n) is 3.82. The molecule has 1 aromatic rings. The summed E-state index contributed by atoms with van der Waals surface area (Å²) < 4.78 is 1.68. The van der Waals surface area contributed by atoms with Crippen molar-refractivity contribution >= 4 is 5.91 Å². The SMILES string of the molecule is Cn1ccc(C(=O)N2CC3CCCNC3C2)n1. The molecule has 2 aliphatic heterocycles. The number of aromatic nitrogens is 2. The zero-order valence-corrected chi connectivity index (χ0v) is 10.1. The first-order chi connectivity index (χ1) is 8.24. The molecule has 1 amide bonds. The van der Waals surface area contributed by atoms with Gasteiger partial charge in [-0.1, -0.05) is 0 Å². The van der Waals surface area contributed by atoms with Crippen LogP contribution in [0.2, 0.25) is 0 Å². The summed E-state index contributed by atoms with van der Waals surface area (Å²) in [6.45, 7) is 2.81. The number of fused-ring (bicyclic) bond motifs is 1. The maximum Gasteiger partial charge on any atom is 0.274 e. The summed E-state index contributed by atoms with van der Waals surface area (Å²) >= 11 is 0. The van der Waals surface area contributed by atoms with E-state index < -0.39 is 0 Å². The average Bonchev–Trinajstić information content (AvgIpc) is 2.93. The number of nitrogens with zero attached hydrogens (tertiary/aromatic N) is 3. The van der Waals surface area contributed by atoms with E-state index in [-0.39, 0.29) is 5.91 Å². The van der Waals surface area contributed by atoms with E-state index in [0.29, 0.717) is 17.7 Å². The van der Waals surface area contributed by atoms with Crippen molar-refractivity contribution < 1.29 is 4.79 Å². The molecule has 3 heterocycles. The monoisotopic (exact) mass is 234 g/mol. The van der Waals surface area contributed by atoms with Crippen molar-refractivity contribution in [3.63, 3.8) is 0 Å². The van der Waals surface area contributed by atoms with Gasteiger partial charge in [0, 0.05) is 32.4 Å². The highest BCUT2D eigenvalue weighted by molar-refractivity contribution is 5.92. The molecule has 2 unspecified atom stereocenters. The Bertz CT molecular complexity index is 414. The number of nitrogens with one attached hydrogen (secondary N) is 1. The highest BCUT2D eigenvalue weighted by Gasteiger charge is 2.37. The number of carbonyl (C=O) groups is 1. The van der Waals surface area contributed by atoms with E-state index >= 15 is 0 Å². The van der Waals surface area contributed by atoms with E-state index in [1.165, 1.54) is 12.8 Å².